The first-order chi connectivity index (χ1) is 11.7. The lowest BCUT2D eigenvalue weighted by Crippen LogP contribution is -2.87. The highest BCUT2D eigenvalue weighted by atomic mass is 32.1. The molecule has 1 aromatic carbocycles. The van der Waals surface area contributed by atoms with Gasteiger partial charge in [0.05, 0.1) is 19.2 Å². The molecule has 1 atom stereocenters. The van der Waals surface area contributed by atoms with Gasteiger partial charge in [-0.2, -0.15) is 0 Å². The first-order valence-electron chi connectivity index (χ1n) is 8.44. The lowest BCUT2D eigenvalue weighted by atomic mass is 9.90. The minimum absolute atomic E-state index is 0.0459. The van der Waals surface area contributed by atoms with Gasteiger partial charge in [0.2, 0.25) is 0 Å². The van der Waals surface area contributed by atoms with Crippen LogP contribution in [0.25, 0.3) is 0 Å². The van der Waals surface area contributed by atoms with E-state index in [2.05, 4.69) is 47.5 Å². The predicted molar refractivity (Wildman–Crippen MR) is 96.3 cm³/mol. The standard InChI is InChI=1S/C19H24N2O2S/c1-14-5-3-4-6-15(14)19-16-8-12-24-17(16)7-10-21(19)18(22)13-20-9-11-23-2/h3-6,8,12,19-20H,7,9-11,13H2,1-2H3/p+1/t19-/m0/s1. The topological polar surface area (TPSA) is 46.1 Å². The zero-order valence-corrected chi connectivity index (χ0v) is 15.1. The summed E-state index contributed by atoms with van der Waals surface area (Å²) < 4.78 is 5.06. The van der Waals surface area contributed by atoms with Crippen LogP contribution < -0.4 is 5.32 Å². The number of carbonyl (C=O) groups excluding carboxylic acids is 1. The fraction of sp³-hybridized carbons (Fsp3) is 0.421. The second kappa shape index (κ2) is 7.92. The van der Waals surface area contributed by atoms with Gasteiger partial charge in [-0.3, -0.25) is 4.79 Å². The zero-order chi connectivity index (χ0) is 16.9. The number of fused-ring (bicyclic) bond motifs is 1. The number of hydrogen-bond acceptors (Lipinski definition) is 3. The van der Waals surface area contributed by atoms with Gasteiger partial charge in [0.25, 0.3) is 5.91 Å². The maximum Gasteiger partial charge on any atom is 0.278 e. The summed E-state index contributed by atoms with van der Waals surface area (Å²) in [4.78, 5) is 16.3. The third-order valence-electron chi connectivity index (χ3n) is 4.61. The third kappa shape index (κ3) is 3.53. The monoisotopic (exact) mass is 345 g/mol. The van der Waals surface area contributed by atoms with Crippen molar-refractivity contribution in [2.24, 2.45) is 0 Å². The van der Waals surface area contributed by atoms with Crippen LogP contribution in [0.4, 0.5) is 0 Å². The molecule has 1 aliphatic heterocycles. The van der Waals surface area contributed by atoms with E-state index < -0.39 is 0 Å². The van der Waals surface area contributed by atoms with E-state index in [0.717, 1.165) is 19.5 Å². The summed E-state index contributed by atoms with van der Waals surface area (Å²) in [5, 5.41) is 4.18. The largest absolute Gasteiger partial charge is 0.379 e. The fourth-order valence-electron chi connectivity index (χ4n) is 3.36. The SMILES string of the molecule is COCC[NH2+]CC(=O)N1CCc2sccc2[C@@H]1c1ccccc1C. The molecule has 1 aliphatic rings. The molecule has 0 spiro atoms. The van der Waals surface area contributed by atoms with Crippen LogP contribution in [0, 0.1) is 6.92 Å². The van der Waals surface area contributed by atoms with E-state index in [1.54, 1.807) is 18.4 Å². The Bertz CT molecular complexity index is 698. The number of nitrogens with two attached hydrogens (primary N) is 1. The quantitative estimate of drug-likeness (QED) is 0.811. The lowest BCUT2D eigenvalue weighted by Gasteiger charge is -2.36. The van der Waals surface area contributed by atoms with Gasteiger partial charge in [-0.1, -0.05) is 24.3 Å². The summed E-state index contributed by atoms with van der Waals surface area (Å²) in [5.41, 5.74) is 3.77. The number of methoxy groups -OCH3 is 1. The van der Waals surface area contributed by atoms with Gasteiger partial charge in [0.15, 0.2) is 6.54 Å². The Morgan fingerprint density at radius 3 is 2.96 bits per heavy atom. The van der Waals surface area contributed by atoms with Crippen LogP contribution in [-0.4, -0.2) is 44.2 Å². The molecule has 2 aromatic rings. The van der Waals surface area contributed by atoms with Crippen molar-refractivity contribution in [3.05, 3.63) is 57.3 Å². The molecular formula is C19H25N2O2S+. The molecular weight excluding hydrogens is 320 g/mol. The predicted octanol–water partition coefficient (Wildman–Crippen LogP) is 1.74. The Kier molecular flexibility index (Phi) is 5.66. The van der Waals surface area contributed by atoms with E-state index in [-0.39, 0.29) is 11.9 Å². The summed E-state index contributed by atoms with van der Waals surface area (Å²) in [7, 11) is 1.69. The van der Waals surface area contributed by atoms with Gasteiger partial charge in [0.1, 0.15) is 0 Å². The van der Waals surface area contributed by atoms with E-state index in [4.69, 9.17) is 4.74 Å². The number of amides is 1. The van der Waals surface area contributed by atoms with Crippen molar-refractivity contribution in [2.45, 2.75) is 19.4 Å². The van der Waals surface area contributed by atoms with Crippen molar-refractivity contribution in [2.75, 3.05) is 33.4 Å². The Morgan fingerprint density at radius 2 is 2.17 bits per heavy atom. The summed E-state index contributed by atoms with van der Waals surface area (Å²) in [5.74, 6) is 0.205. The first-order valence-corrected chi connectivity index (χ1v) is 9.32. The highest BCUT2D eigenvalue weighted by Crippen LogP contribution is 2.38. The number of quaternary nitrogens is 1. The molecule has 0 saturated heterocycles. The zero-order valence-electron chi connectivity index (χ0n) is 14.3. The average Bonchev–Trinajstić information content (AvgIpc) is 3.07. The molecule has 128 valence electrons. The number of aryl methyl sites for hydroxylation is 1. The minimum Gasteiger partial charge on any atom is -0.379 e. The number of ether oxygens (including phenoxy) is 1. The van der Waals surface area contributed by atoms with Gasteiger partial charge in [-0.15, -0.1) is 11.3 Å². The van der Waals surface area contributed by atoms with Crippen LogP contribution in [0.15, 0.2) is 35.7 Å². The van der Waals surface area contributed by atoms with Crippen molar-refractivity contribution in [3.63, 3.8) is 0 Å². The normalized spacial score (nSPS) is 16.9. The van der Waals surface area contributed by atoms with E-state index >= 15 is 0 Å². The molecule has 0 radical (unpaired) electrons. The van der Waals surface area contributed by atoms with Crippen LogP contribution >= 0.6 is 11.3 Å². The van der Waals surface area contributed by atoms with Crippen LogP contribution in [0.2, 0.25) is 0 Å². The van der Waals surface area contributed by atoms with E-state index in [0.29, 0.717) is 13.2 Å². The first kappa shape index (κ1) is 17.1. The Hall–Kier alpha value is -1.69. The van der Waals surface area contributed by atoms with Crippen LogP contribution in [0.3, 0.4) is 0 Å². The number of benzene rings is 1. The minimum atomic E-state index is 0.0459. The van der Waals surface area contributed by atoms with Crippen molar-refractivity contribution < 1.29 is 14.8 Å². The number of carbonyl (C=O) groups is 1. The number of hydrogen-bond donors (Lipinski definition) is 1. The van der Waals surface area contributed by atoms with E-state index in [1.807, 2.05) is 5.32 Å². The maximum atomic E-state index is 12.8. The molecule has 0 aliphatic carbocycles. The second-order valence-corrected chi connectivity index (χ2v) is 7.17. The van der Waals surface area contributed by atoms with Crippen molar-refractivity contribution in [1.82, 2.24) is 4.90 Å². The van der Waals surface area contributed by atoms with Gasteiger partial charge < -0.3 is 15.0 Å². The molecule has 1 aromatic heterocycles. The summed E-state index contributed by atoms with van der Waals surface area (Å²) in [6.45, 7) is 4.88. The number of thiophene rings is 1. The number of rotatable bonds is 6. The molecule has 3 rings (SSSR count). The molecule has 0 fully saturated rings. The van der Waals surface area contributed by atoms with Gasteiger partial charge in [-0.05, 0) is 41.5 Å². The Morgan fingerprint density at radius 1 is 1.33 bits per heavy atom. The molecule has 2 heterocycles. The molecule has 0 bridgehead atoms. The van der Waals surface area contributed by atoms with E-state index in [9.17, 15) is 4.79 Å². The molecule has 5 heteroatoms. The number of nitrogens with zero attached hydrogens (tertiary/aromatic N) is 1. The van der Waals surface area contributed by atoms with Crippen LogP contribution in [0.5, 0.6) is 0 Å². The van der Waals surface area contributed by atoms with Crippen molar-refractivity contribution in [3.8, 4) is 0 Å². The van der Waals surface area contributed by atoms with Crippen molar-refractivity contribution in [1.29, 1.82) is 0 Å². The van der Waals surface area contributed by atoms with Crippen LogP contribution in [0.1, 0.15) is 27.6 Å². The van der Waals surface area contributed by atoms with Gasteiger partial charge in [-0.25, -0.2) is 0 Å². The molecule has 0 unspecified atom stereocenters. The molecule has 2 N–H and O–H groups in total. The lowest BCUT2D eigenvalue weighted by molar-refractivity contribution is -0.646. The summed E-state index contributed by atoms with van der Waals surface area (Å²) in [6.07, 6.45) is 0.958. The Labute approximate surface area is 147 Å². The Balaban J connectivity index is 1.85. The van der Waals surface area contributed by atoms with Crippen LogP contribution in [-0.2, 0) is 16.0 Å². The highest BCUT2D eigenvalue weighted by molar-refractivity contribution is 7.10. The summed E-state index contributed by atoms with van der Waals surface area (Å²) >= 11 is 1.81. The third-order valence-corrected chi connectivity index (χ3v) is 5.61. The molecule has 4 nitrogen and oxygen atoms in total. The molecule has 1 amide bonds. The smallest absolute Gasteiger partial charge is 0.278 e. The van der Waals surface area contributed by atoms with Gasteiger partial charge in [0, 0.05) is 18.5 Å². The average molecular weight is 345 g/mol. The molecule has 24 heavy (non-hydrogen) atoms. The fourth-order valence-corrected chi connectivity index (χ4v) is 4.26. The molecule has 0 saturated carbocycles. The second-order valence-electron chi connectivity index (χ2n) is 6.17. The maximum absolute atomic E-state index is 12.8. The highest BCUT2D eigenvalue weighted by Gasteiger charge is 2.33. The summed E-state index contributed by atoms with van der Waals surface area (Å²) in [6, 6.07) is 10.6. The van der Waals surface area contributed by atoms with E-state index in [1.165, 1.54) is 21.6 Å². The van der Waals surface area contributed by atoms with Gasteiger partial charge >= 0.3 is 0 Å². The van der Waals surface area contributed by atoms with Crippen molar-refractivity contribution >= 4 is 17.2 Å².